The van der Waals surface area contributed by atoms with E-state index in [1.165, 1.54) is 32.4 Å². The zero-order chi connectivity index (χ0) is 24.7. The molecule has 0 unspecified atom stereocenters. The highest BCUT2D eigenvalue weighted by Gasteiger charge is 2.23. The summed E-state index contributed by atoms with van der Waals surface area (Å²) in [6.45, 7) is 6.38. The summed E-state index contributed by atoms with van der Waals surface area (Å²) < 4.78 is 39.6. The number of halogens is 1. The summed E-state index contributed by atoms with van der Waals surface area (Å²) in [4.78, 5) is 17.6. The molecule has 0 aliphatic carbocycles. The van der Waals surface area contributed by atoms with E-state index in [4.69, 9.17) is 9.47 Å². The van der Waals surface area contributed by atoms with Crippen molar-refractivity contribution in [2.75, 3.05) is 51.7 Å². The minimum Gasteiger partial charge on any atom is -0.493 e. The second-order valence-corrected chi connectivity index (χ2v) is 10.7. The molecule has 1 fully saturated rings. The van der Waals surface area contributed by atoms with Gasteiger partial charge in [0, 0.05) is 35.9 Å². The number of sulfonamides is 1. The van der Waals surface area contributed by atoms with Crippen LogP contribution in [-0.4, -0.2) is 71.1 Å². The summed E-state index contributed by atoms with van der Waals surface area (Å²) in [6, 6.07) is 9.25. The molecule has 0 saturated carbocycles. The largest absolute Gasteiger partial charge is 0.493 e. The van der Waals surface area contributed by atoms with Gasteiger partial charge in [-0.1, -0.05) is 13.3 Å². The van der Waals surface area contributed by atoms with Gasteiger partial charge in [0.2, 0.25) is 0 Å². The van der Waals surface area contributed by atoms with Crippen molar-refractivity contribution in [3.63, 3.8) is 0 Å². The van der Waals surface area contributed by atoms with Crippen LogP contribution < -0.4 is 14.2 Å². The number of amides is 1. The molecule has 0 bridgehead atoms. The Balaban J connectivity index is 1.77. The third-order valence-corrected chi connectivity index (χ3v) is 7.89. The normalized spacial score (nSPS) is 15.0. The topological polar surface area (TPSA) is 88.2 Å². The molecule has 2 aromatic rings. The minimum atomic E-state index is -3.91. The maximum atomic E-state index is 13.3. The van der Waals surface area contributed by atoms with E-state index in [0.29, 0.717) is 40.3 Å². The molecular weight excluding hydrogens is 522 g/mol. The van der Waals surface area contributed by atoms with Crippen LogP contribution >= 0.6 is 15.9 Å². The molecule has 2 aromatic carbocycles. The number of ether oxygens (including phenoxy) is 2. The Bertz CT molecular complexity index is 1110. The molecule has 0 spiro atoms. The molecule has 1 saturated heterocycles. The number of unbranched alkanes of at least 4 members (excludes halogenated alkanes) is 1. The van der Waals surface area contributed by atoms with E-state index >= 15 is 0 Å². The number of methoxy groups -OCH3 is 2. The van der Waals surface area contributed by atoms with Crippen molar-refractivity contribution in [1.29, 1.82) is 0 Å². The first-order chi connectivity index (χ1) is 16.3. The number of anilines is 1. The van der Waals surface area contributed by atoms with Gasteiger partial charge in [0.1, 0.15) is 0 Å². The van der Waals surface area contributed by atoms with Crippen LogP contribution in [-0.2, 0) is 10.0 Å². The number of nitrogens with one attached hydrogen (secondary N) is 1. The van der Waals surface area contributed by atoms with E-state index in [0.717, 1.165) is 38.9 Å². The lowest BCUT2D eigenvalue weighted by molar-refractivity contribution is 0.0760. The lowest BCUT2D eigenvalue weighted by Gasteiger charge is -2.22. The SMILES string of the molecule is CCCCN1CCCN(C(=O)c2cc(NS(=O)(=O)c3ccc(OC)c(OC)c3)ccc2Br)CC1. The molecule has 1 heterocycles. The van der Waals surface area contributed by atoms with Crippen molar-refractivity contribution in [3.05, 3.63) is 46.4 Å². The highest BCUT2D eigenvalue weighted by Crippen LogP contribution is 2.31. The van der Waals surface area contributed by atoms with Crippen molar-refractivity contribution in [3.8, 4) is 11.5 Å². The van der Waals surface area contributed by atoms with Gasteiger partial charge in [0.05, 0.1) is 24.7 Å². The Morgan fingerprint density at radius 2 is 1.79 bits per heavy atom. The van der Waals surface area contributed by atoms with Crippen LogP contribution in [0, 0.1) is 0 Å². The summed E-state index contributed by atoms with van der Waals surface area (Å²) in [5.41, 5.74) is 0.732. The fourth-order valence-corrected chi connectivity index (χ4v) is 5.38. The number of benzene rings is 2. The van der Waals surface area contributed by atoms with E-state index in [9.17, 15) is 13.2 Å². The summed E-state index contributed by atoms with van der Waals surface area (Å²) in [5, 5.41) is 0. The number of hydrogen-bond donors (Lipinski definition) is 1. The fourth-order valence-electron chi connectivity index (χ4n) is 3.90. The molecular formula is C24H32BrN3O5S. The van der Waals surface area contributed by atoms with Gasteiger partial charge in [-0.15, -0.1) is 0 Å². The quantitative estimate of drug-likeness (QED) is 0.500. The van der Waals surface area contributed by atoms with Gasteiger partial charge in [-0.3, -0.25) is 9.52 Å². The van der Waals surface area contributed by atoms with Gasteiger partial charge in [0.25, 0.3) is 15.9 Å². The smallest absolute Gasteiger partial charge is 0.262 e. The third kappa shape index (κ3) is 6.43. The van der Waals surface area contributed by atoms with Crippen LogP contribution in [0.2, 0.25) is 0 Å². The van der Waals surface area contributed by atoms with Crippen molar-refractivity contribution in [2.24, 2.45) is 0 Å². The summed E-state index contributed by atoms with van der Waals surface area (Å²) in [7, 11) is -0.977. The zero-order valence-corrected chi connectivity index (χ0v) is 22.2. The average molecular weight is 555 g/mol. The molecule has 1 amide bonds. The first kappa shape index (κ1) is 26.3. The third-order valence-electron chi connectivity index (χ3n) is 5.82. The van der Waals surface area contributed by atoms with E-state index in [-0.39, 0.29) is 10.8 Å². The molecule has 186 valence electrons. The summed E-state index contributed by atoms with van der Waals surface area (Å²) in [5.74, 6) is 0.631. The maximum Gasteiger partial charge on any atom is 0.262 e. The van der Waals surface area contributed by atoms with Crippen LogP contribution in [0.4, 0.5) is 5.69 Å². The Morgan fingerprint density at radius 1 is 1.03 bits per heavy atom. The molecule has 1 N–H and O–H groups in total. The molecule has 3 rings (SSSR count). The van der Waals surface area contributed by atoms with Crippen LogP contribution in [0.3, 0.4) is 0 Å². The molecule has 10 heteroatoms. The van der Waals surface area contributed by atoms with Gasteiger partial charge in [0.15, 0.2) is 11.5 Å². The van der Waals surface area contributed by atoms with E-state index in [1.54, 1.807) is 18.2 Å². The lowest BCUT2D eigenvalue weighted by atomic mass is 10.1. The van der Waals surface area contributed by atoms with Gasteiger partial charge in [-0.05, 0) is 72.2 Å². The van der Waals surface area contributed by atoms with Gasteiger partial charge < -0.3 is 19.3 Å². The predicted octanol–water partition coefficient (Wildman–Crippen LogP) is 4.22. The minimum absolute atomic E-state index is 0.0284. The highest BCUT2D eigenvalue weighted by atomic mass is 79.9. The van der Waals surface area contributed by atoms with Crippen molar-refractivity contribution in [1.82, 2.24) is 9.80 Å². The van der Waals surface area contributed by atoms with E-state index in [1.807, 2.05) is 4.90 Å². The predicted molar refractivity (Wildman–Crippen MR) is 136 cm³/mol. The van der Waals surface area contributed by atoms with Crippen LogP contribution in [0.15, 0.2) is 45.8 Å². The Morgan fingerprint density at radius 3 is 2.50 bits per heavy atom. The highest BCUT2D eigenvalue weighted by molar-refractivity contribution is 9.10. The monoisotopic (exact) mass is 553 g/mol. The Hall–Kier alpha value is -2.30. The second kappa shape index (κ2) is 11.9. The number of rotatable bonds is 9. The maximum absolute atomic E-state index is 13.3. The van der Waals surface area contributed by atoms with Crippen LogP contribution in [0.1, 0.15) is 36.5 Å². The van der Waals surface area contributed by atoms with E-state index in [2.05, 4.69) is 32.5 Å². The number of carbonyl (C=O) groups is 1. The molecule has 0 aromatic heterocycles. The fraction of sp³-hybridized carbons (Fsp3) is 0.458. The summed E-state index contributed by atoms with van der Waals surface area (Å²) in [6.07, 6.45) is 3.22. The van der Waals surface area contributed by atoms with Gasteiger partial charge in [-0.25, -0.2) is 8.42 Å². The zero-order valence-electron chi connectivity index (χ0n) is 19.8. The lowest BCUT2D eigenvalue weighted by Crippen LogP contribution is -2.35. The van der Waals surface area contributed by atoms with Crippen molar-refractivity contribution >= 4 is 37.5 Å². The average Bonchev–Trinajstić information content (AvgIpc) is 3.08. The molecule has 8 nitrogen and oxygen atoms in total. The molecule has 0 atom stereocenters. The number of nitrogens with zero attached hydrogens (tertiary/aromatic N) is 2. The summed E-state index contributed by atoms with van der Waals surface area (Å²) >= 11 is 3.46. The van der Waals surface area contributed by atoms with E-state index < -0.39 is 10.0 Å². The van der Waals surface area contributed by atoms with Crippen molar-refractivity contribution in [2.45, 2.75) is 31.1 Å². The molecule has 1 aliphatic heterocycles. The second-order valence-electron chi connectivity index (χ2n) is 8.16. The molecule has 0 radical (unpaired) electrons. The van der Waals surface area contributed by atoms with Gasteiger partial charge >= 0.3 is 0 Å². The first-order valence-corrected chi connectivity index (χ1v) is 13.6. The Labute approximate surface area is 210 Å². The number of hydrogen-bond acceptors (Lipinski definition) is 6. The Kier molecular flexibility index (Phi) is 9.21. The standard InChI is InChI=1S/C24H32BrN3O5S/c1-4-5-11-27-12-6-13-28(15-14-27)24(29)20-16-18(7-9-21(20)25)26-34(30,31)19-8-10-22(32-2)23(17-19)33-3/h7-10,16-17,26H,4-6,11-15H2,1-3H3. The molecule has 34 heavy (non-hydrogen) atoms. The van der Waals surface area contributed by atoms with Crippen LogP contribution in [0.5, 0.6) is 11.5 Å². The van der Waals surface area contributed by atoms with Gasteiger partial charge in [-0.2, -0.15) is 0 Å². The molecule has 1 aliphatic rings. The number of carbonyl (C=O) groups excluding carboxylic acids is 1. The first-order valence-electron chi connectivity index (χ1n) is 11.3. The van der Waals surface area contributed by atoms with Crippen LogP contribution in [0.25, 0.3) is 0 Å². The van der Waals surface area contributed by atoms with Crippen molar-refractivity contribution < 1.29 is 22.7 Å².